The van der Waals surface area contributed by atoms with E-state index in [4.69, 9.17) is 4.74 Å². The minimum absolute atomic E-state index is 0.448. The number of carbonyl (C=O) groups is 1. The maximum Gasteiger partial charge on any atom is 0.298 e. The van der Waals surface area contributed by atoms with Crippen LogP contribution in [0.1, 0.15) is 25.8 Å². The quantitative estimate of drug-likeness (QED) is 0.670. The third-order valence-electron chi connectivity index (χ3n) is 2.12. The van der Waals surface area contributed by atoms with Crippen LogP contribution in [0.3, 0.4) is 0 Å². The van der Waals surface area contributed by atoms with Crippen molar-refractivity contribution in [2.45, 2.75) is 26.7 Å². The second-order valence-electron chi connectivity index (χ2n) is 3.79. The molecule has 0 aliphatic carbocycles. The zero-order chi connectivity index (χ0) is 10.4. The van der Waals surface area contributed by atoms with Gasteiger partial charge in [0.15, 0.2) is 0 Å². The average molecular weight is 192 g/mol. The van der Waals surface area contributed by atoms with E-state index in [0.29, 0.717) is 12.2 Å². The van der Waals surface area contributed by atoms with Gasteiger partial charge in [0.2, 0.25) is 0 Å². The van der Waals surface area contributed by atoms with E-state index in [1.54, 1.807) is 0 Å². The highest BCUT2D eigenvalue weighted by Crippen LogP contribution is 2.14. The largest absolute Gasteiger partial charge is 0.429 e. The van der Waals surface area contributed by atoms with Crippen LogP contribution in [0.15, 0.2) is 24.3 Å². The predicted molar refractivity (Wildman–Crippen MR) is 56.3 cm³/mol. The Morgan fingerprint density at radius 2 is 1.93 bits per heavy atom. The summed E-state index contributed by atoms with van der Waals surface area (Å²) in [6.45, 7) is 4.87. The van der Waals surface area contributed by atoms with E-state index in [1.807, 2.05) is 24.3 Å². The van der Waals surface area contributed by atoms with E-state index in [0.717, 1.165) is 12.3 Å². The van der Waals surface area contributed by atoms with Gasteiger partial charge in [0.25, 0.3) is 6.47 Å². The zero-order valence-corrected chi connectivity index (χ0v) is 8.69. The van der Waals surface area contributed by atoms with Gasteiger partial charge in [0.1, 0.15) is 5.75 Å². The molecule has 0 aromatic heterocycles. The van der Waals surface area contributed by atoms with Crippen molar-refractivity contribution in [2.24, 2.45) is 5.92 Å². The minimum atomic E-state index is 0.448. The molecule has 14 heavy (non-hydrogen) atoms. The first-order chi connectivity index (χ1) is 6.72. The van der Waals surface area contributed by atoms with Crippen molar-refractivity contribution >= 4 is 6.47 Å². The second-order valence-corrected chi connectivity index (χ2v) is 3.79. The summed E-state index contributed by atoms with van der Waals surface area (Å²) in [4.78, 5) is 10.1. The van der Waals surface area contributed by atoms with Crippen molar-refractivity contribution < 1.29 is 9.53 Å². The first kappa shape index (κ1) is 10.8. The van der Waals surface area contributed by atoms with Crippen molar-refractivity contribution in [3.8, 4) is 5.75 Å². The molecular formula is C12H16O2. The van der Waals surface area contributed by atoms with E-state index < -0.39 is 0 Å². The van der Waals surface area contributed by atoms with E-state index in [2.05, 4.69) is 13.8 Å². The number of ether oxygens (including phenoxy) is 1. The summed E-state index contributed by atoms with van der Waals surface area (Å²) < 4.78 is 4.71. The highest BCUT2D eigenvalue weighted by molar-refractivity contribution is 5.45. The Morgan fingerprint density at radius 3 is 2.43 bits per heavy atom. The van der Waals surface area contributed by atoms with E-state index >= 15 is 0 Å². The van der Waals surface area contributed by atoms with Crippen molar-refractivity contribution in [1.82, 2.24) is 0 Å². The summed E-state index contributed by atoms with van der Waals surface area (Å²) in [7, 11) is 0. The van der Waals surface area contributed by atoms with Crippen molar-refractivity contribution in [3.63, 3.8) is 0 Å². The fourth-order valence-corrected chi connectivity index (χ4v) is 1.25. The molecule has 0 bridgehead atoms. The van der Waals surface area contributed by atoms with E-state index in [1.165, 1.54) is 12.0 Å². The van der Waals surface area contributed by atoms with Crippen LogP contribution in [-0.4, -0.2) is 6.47 Å². The topological polar surface area (TPSA) is 26.3 Å². The fourth-order valence-electron chi connectivity index (χ4n) is 1.25. The summed E-state index contributed by atoms with van der Waals surface area (Å²) in [6, 6.07) is 7.65. The number of carbonyl (C=O) groups excluding carboxylic acids is 1. The lowest BCUT2D eigenvalue weighted by Gasteiger charge is -2.05. The van der Waals surface area contributed by atoms with Gasteiger partial charge >= 0.3 is 0 Å². The lowest BCUT2D eigenvalue weighted by Crippen LogP contribution is -1.93. The van der Waals surface area contributed by atoms with Gasteiger partial charge in [-0.2, -0.15) is 0 Å². The molecule has 1 aromatic carbocycles. The normalized spacial score (nSPS) is 10.2. The molecule has 2 nitrogen and oxygen atoms in total. The molecule has 0 heterocycles. The van der Waals surface area contributed by atoms with Crippen LogP contribution in [0.25, 0.3) is 0 Å². The summed E-state index contributed by atoms with van der Waals surface area (Å²) >= 11 is 0. The molecule has 0 aliphatic rings. The number of hydrogen-bond donors (Lipinski definition) is 0. The van der Waals surface area contributed by atoms with Crippen LogP contribution in [-0.2, 0) is 11.2 Å². The van der Waals surface area contributed by atoms with Crippen LogP contribution in [0, 0.1) is 5.92 Å². The Morgan fingerprint density at radius 1 is 1.29 bits per heavy atom. The SMILES string of the molecule is CC(C)CCc1ccc(OC=O)cc1. The molecule has 0 spiro atoms. The smallest absolute Gasteiger partial charge is 0.298 e. The Labute approximate surface area is 84.9 Å². The molecule has 0 fully saturated rings. The zero-order valence-electron chi connectivity index (χ0n) is 8.69. The number of hydrogen-bond acceptors (Lipinski definition) is 2. The molecule has 2 heteroatoms. The lowest BCUT2D eigenvalue weighted by atomic mass is 10.0. The number of aryl methyl sites for hydroxylation is 1. The Hall–Kier alpha value is -1.31. The Bertz CT molecular complexity index is 275. The standard InChI is InChI=1S/C12H16O2/c1-10(2)3-4-11-5-7-12(8-6-11)14-9-13/h5-10H,3-4H2,1-2H3. The van der Waals surface area contributed by atoms with Crippen LogP contribution in [0.5, 0.6) is 5.75 Å². The van der Waals surface area contributed by atoms with Crippen LogP contribution in [0.4, 0.5) is 0 Å². The third-order valence-corrected chi connectivity index (χ3v) is 2.12. The van der Waals surface area contributed by atoms with Gasteiger partial charge in [-0.15, -0.1) is 0 Å². The maximum atomic E-state index is 10.1. The molecule has 1 rings (SSSR count). The number of rotatable bonds is 5. The lowest BCUT2D eigenvalue weighted by molar-refractivity contribution is -0.120. The second kappa shape index (κ2) is 5.43. The first-order valence-corrected chi connectivity index (χ1v) is 4.91. The van der Waals surface area contributed by atoms with Crippen molar-refractivity contribution in [1.29, 1.82) is 0 Å². The van der Waals surface area contributed by atoms with Gasteiger partial charge < -0.3 is 4.74 Å². The van der Waals surface area contributed by atoms with Crippen molar-refractivity contribution in [3.05, 3.63) is 29.8 Å². The molecular weight excluding hydrogens is 176 g/mol. The van der Waals surface area contributed by atoms with Gasteiger partial charge in [0.05, 0.1) is 0 Å². The molecule has 0 saturated heterocycles. The molecule has 0 atom stereocenters. The molecule has 0 amide bonds. The minimum Gasteiger partial charge on any atom is -0.429 e. The summed E-state index contributed by atoms with van der Waals surface area (Å²) in [5, 5.41) is 0. The molecule has 0 N–H and O–H groups in total. The highest BCUT2D eigenvalue weighted by Gasteiger charge is 1.97. The van der Waals surface area contributed by atoms with Crippen molar-refractivity contribution in [2.75, 3.05) is 0 Å². The van der Waals surface area contributed by atoms with E-state index in [-0.39, 0.29) is 0 Å². The Kier molecular flexibility index (Phi) is 4.17. The molecule has 0 aliphatic heterocycles. The van der Waals surface area contributed by atoms with Gasteiger partial charge in [0, 0.05) is 0 Å². The van der Waals surface area contributed by atoms with Crippen LogP contribution < -0.4 is 4.74 Å². The average Bonchev–Trinajstić information content (AvgIpc) is 2.17. The monoisotopic (exact) mass is 192 g/mol. The summed E-state index contributed by atoms with van der Waals surface area (Å²) in [6.07, 6.45) is 2.27. The molecule has 0 saturated carbocycles. The molecule has 76 valence electrons. The maximum absolute atomic E-state index is 10.1. The number of benzene rings is 1. The molecule has 0 radical (unpaired) electrons. The molecule has 0 unspecified atom stereocenters. The summed E-state index contributed by atoms with van der Waals surface area (Å²) in [5.41, 5.74) is 1.29. The van der Waals surface area contributed by atoms with E-state index in [9.17, 15) is 4.79 Å². The Balaban J connectivity index is 2.50. The highest BCUT2D eigenvalue weighted by atomic mass is 16.5. The van der Waals surface area contributed by atoms with Gasteiger partial charge in [-0.05, 0) is 36.5 Å². The van der Waals surface area contributed by atoms with Gasteiger partial charge in [-0.1, -0.05) is 26.0 Å². The van der Waals surface area contributed by atoms with Crippen LogP contribution in [0.2, 0.25) is 0 Å². The third kappa shape index (κ3) is 3.60. The molecule has 1 aromatic rings. The van der Waals surface area contributed by atoms with Gasteiger partial charge in [-0.25, -0.2) is 0 Å². The fraction of sp³-hybridized carbons (Fsp3) is 0.417. The van der Waals surface area contributed by atoms with Gasteiger partial charge in [-0.3, -0.25) is 4.79 Å². The summed E-state index contributed by atoms with van der Waals surface area (Å²) in [5.74, 6) is 1.33. The van der Waals surface area contributed by atoms with Crippen LogP contribution >= 0.6 is 0 Å². The predicted octanol–water partition coefficient (Wildman–Crippen LogP) is 2.81. The first-order valence-electron chi connectivity index (χ1n) is 4.91.